The number of nitrogens with one attached hydrogen (secondary N) is 2. The van der Waals surface area contributed by atoms with Crippen LogP contribution in [0, 0.1) is 5.92 Å². The molecule has 0 bridgehead atoms. The molecule has 0 radical (unpaired) electrons. The molecule has 0 aliphatic carbocycles. The molecular formula is C7H16N2. The summed E-state index contributed by atoms with van der Waals surface area (Å²) in [5.74, 6) is 0.942. The Hall–Kier alpha value is -0.0800. The molecule has 1 heterocycles. The summed E-state index contributed by atoms with van der Waals surface area (Å²) in [5.41, 5.74) is 0. The third-order valence-electron chi connectivity index (χ3n) is 1.96. The Balaban J connectivity index is 1.98. The van der Waals surface area contributed by atoms with Crippen molar-refractivity contribution >= 4 is 0 Å². The van der Waals surface area contributed by atoms with E-state index < -0.39 is 0 Å². The molecule has 9 heavy (non-hydrogen) atoms. The van der Waals surface area contributed by atoms with Crippen LogP contribution in [0.4, 0.5) is 0 Å². The molecule has 1 saturated heterocycles. The lowest BCUT2D eigenvalue weighted by molar-refractivity contribution is 0.517. The van der Waals surface area contributed by atoms with E-state index in [9.17, 15) is 0 Å². The van der Waals surface area contributed by atoms with Crippen molar-refractivity contribution < 1.29 is 0 Å². The molecule has 0 saturated carbocycles. The van der Waals surface area contributed by atoms with Crippen LogP contribution in [0.2, 0.25) is 0 Å². The van der Waals surface area contributed by atoms with Crippen molar-refractivity contribution in [2.75, 3.05) is 26.7 Å². The van der Waals surface area contributed by atoms with Crippen LogP contribution in [0.15, 0.2) is 0 Å². The van der Waals surface area contributed by atoms with Gasteiger partial charge in [-0.25, -0.2) is 0 Å². The summed E-state index contributed by atoms with van der Waals surface area (Å²) < 4.78 is 0. The first kappa shape index (κ1) is 7.03. The summed E-state index contributed by atoms with van der Waals surface area (Å²) in [7, 11) is 2.02. The van der Waals surface area contributed by atoms with Gasteiger partial charge in [-0.2, -0.15) is 0 Å². The van der Waals surface area contributed by atoms with Crippen molar-refractivity contribution in [2.24, 2.45) is 5.92 Å². The van der Waals surface area contributed by atoms with E-state index in [0.29, 0.717) is 0 Å². The van der Waals surface area contributed by atoms with Gasteiger partial charge in [0.25, 0.3) is 0 Å². The van der Waals surface area contributed by atoms with E-state index >= 15 is 0 Å². The molecular weight excluding hydrogens is 112 g/mol. The first-order valence-corrected chi connectivity index (χ1v) is 3.79. The zero-order valence-corrected chi connectivity index (χ0v) is 6.11. The zero-order chi connectivity index (χ0) is 6.53. The fraction of sp³-hybridized carbons (Fsp3) is 1.00. The van der Waals surface area contributed by atoms with E-state index in [1.54, 1.807) is 0 Å². The maximum absolute atomic E-state index is 3.35. The summed E-state index contributed by atoms with van der Waals surface area (Å²) in [6.45, 7) is 3.64. The quantitative estimate of drug-likeness (QED) is 0.567. The van der Waals surface area contributed by atoms with Crippen molar-refractivity contribution in [3.8, 4) is 0 Å². The normalized spacial score (nSPS) is 27.0. The molecule has 1 unspecified atom stereocenters. The highest BCUT2D eigenvalue weighted by Gasteiger charge is 2.12. The molecule has 0 aromatic rings. The zero-order valence-electron chi connectivity index (χ0n) is 6.11. The largest absolute Gasteiger partial charge is 0.320 e. The summed E-state index contributed by atoms with van der Waals surface area (Å²) >= 11 is 0. The lowest BCUT2D eigenvalue weighted by Crippen LogP contribution is -2.15. The van der Waals surface area contributed by atoms with E-state index in [4.69, 9.17) is 0 Å². The van der Waals surface area contributed by atoms with Gasteiger partial charge in [-0.3, -0.25) is 0 Å². The molecule has 2 nitrogen and oxygen atoms in total. The van der Waals surface area contributed by atoms with Gasteiger partial charge in [-0.05, 0) is 45.4 Å². The third-order valence-corrected chi connectivity index (χ3v) is 1.96. The molecule has 1 aliphatic heterocycles. The van der Waals surface area contributed by atoms with Crippen LogP contribution in [-0.4, -0.2) is 26.7 Å². The molecule has 1 atom stereocenters. The van der Waals surface area contributed by atoms with Crippen molar-refractivity contribution in [3.63, 3.8) is 0 Å². The van der Waals surface area contributed by atoms with E-state index in [0.717, 1.165) is 5.92 Å². The SMILES string of the molecule is CNCCC1CCNC1. The average molecular weight is 128 g/mol. The molecule has 0 spiro atoms. The van der Waals surface area contributed by atoms with Gasteiger partial charge in [-0.15, -0.1) is 0 Å². The molecule has 1 rings (SSSR count). The molecule has 0 amide bonds. The van der Waals surface area contributed by atoms with Gasteiger partial charge in [-0.1, -0.05) is 0 Å². The summed E-state index contributed by atoms with van der Waals surface area (Å²) in [5, 5.41) is 6.52. The van der Waals surface area contributed by atoms with E-state index in [1.165, 1.54) is 32.5 Å². The molecule has 0 aromatic carbocycles. The van der Waals surface area contributed by atoms with Gasteiger partial charge < -0.3 is 10.6 Å². The topological polar surface area (TPSA) is 24.1 Å². The Morgan fingerprint density at radius 3 is 3.11 bits per heavy atom. The predicted molar refractivity (Wildman–Crippen MR) is 39.5 cm³/mol. The van der Waals surface area contributed by atoms with Crippen molar-refractivity contribution in [2.45, 2.75) is 12.8 Å². The Morgan fingerprint density at radius 1 is 1.67 bits per heavy atom. The summed E-state index contributed by atoms with van der Waals surface area (Å²) in [6, 6.07) is 0. The smallest absolute Gasteiger partial charge is 0.00196 e. The third kappa shape index (κ3) is 2.33. The van der Waals surface area contributed by atoms with Crippen LogP contribution in [0.25, 0.3) is 0 Å². The van der Waals surface area contributed by atoms with Crippen LogP contribution in [0.3, 0.4) is 0 Å². The Labute approximate surface area is 57.0 Å². The fourth-order valence-electron chi connectivity index (χ4n) is 1.31. The maximum Gasteiger partial charge on any atom is -0.00196 e. The van der Waals surface area contributed by atoms with Crippen LogP contribution < -0.4 is 10.6 Å². The first-order chi connectivity index (χ1) is 4.43. The minimum Gasteiger partial charge on any atom is -0.320 e. The van der Waals surface area contributed by atoms with Gasteiger partial charge in [0.05, 0.1) is 0 Å². The minimum atomic E-state index is 0.942. The van der Waals surface area contributed by atoms with Gasteiger partial charge in [0, 0.05) is 0 Å². The van der Waals surface area contributed by atoms with E-state index in [1.807, 2.05) is 7.05 Å². The van der Waals surface area contributed by atoms with Crippen LogP contribution in [-0.2, 0) is 0 Å². The second-order valence-electron chi connectivity index (χ2n) is 2.75. The lowest BCUT2D eigenvalue weighted by atomic mass is 10.1. The first-order valence-electron chi connectivity index (χ1n) is 3.79. The highest BCUT2D eigenvalue weighted by molar-refractivity contribution is 4.71. The monoisotopic (exact) mass is 128 g/mol. The summed E-state index contributed by atoms with van der Waals surface area (Å²) in [4.78, 5) is 0. The Morgan fingerprint density at radius 2 is 2.56 bits per heavy atom. The molecule has 0 aromatic heterocycles. The molecule has 54 valence electrons. The van der Waals surface area contributed by atoms with Gasteiger partial charge >= 0.3 is 0 Å². The van der Waals surface area contributed by atoms with Crippen LogP contribution >= 0.6 is 0 Å². The Bertz CT molecular complexity index is 67.3. The van der Waals surface area contributed by atoms with Gasteiger partial charge in [0.2, 0.25) is 0 Å². The fourth-order valence-corrected chi connectivity index (χ4v) is 1.31. The maximum atomic E-state index is 3.35. The van der Waals surface area contributed by atoms with Crippen molar-refractivity contribution in [3.05, 3.63) is 0 Å². The van der Waals surface area contributed by atoms with Gasteiger partial charge in [0.15, 0.2) is 0 Å². The van der Waals surface area contributed by atoms with E-state index in [2.05, 4.69) is 10.6 Å². The van der Waals surface area contributed by atoms with Crippen LogP contribution in [0.5, 0.6) is 0 Å². The van der Waals surface area contributed by atoms with Crippen molar-refractivity contribution in [1.29, 1.82) is 0 Å². The second-order valence-corrected chi connectivity index (χ2v) is 2.75. The van der Waals surface area contributed by atoms with E-state index in [-0.39, 0.29) is 0 Å². The van der Waals surface area contributed by atoms with Gasteiger partial charge in [0.1, 0.15) is 0 Å². The molecule has 1 aliphatic rings. The summed E-state index contributed by atoms with van der Waals surface area (Å²) in [6.07, 6.45) is 2.71. The second kappa shape index (κ2) is 3.85. The highest BCUT2D eigenvalue weighted by atomic mass is 14.9. The Kier molecular flexibility index (Phi) is 3.01. The molecule has 2 N–H and O–H groups in total. The number of hydrogen-bond acceptors (Lipinski definition) is 2. The van der Waals surface area contributed by atoms with Crippen molar-refractivity contribution in [1.82, 2.24) is 10.6 Å². The predicted octanol–water partition coefficient (Wildman–Crippen LogP) is 0.205. The average Bonchev–Trinajstić information content (AvgIpc) is 2.34. The molecule has 2 heteroatoms. The lowest BCUT2D eigenvalue weighted by Gasteiger charge is -2.05. The number of rotatable bonds is 3. The standard InChI is InChI=1S/C7H16N2/c1-8-4-2-7-3-5-9-6-7/h7-9H,2-6H2,1H3. The molecule has 1 fully saturated rings. The minimum absolute atomic E-state index is 0.942. The highest BCUT2D eigenvalue weighted by Crippen LogP contribution is 2.10. The van der Waals surface area contributed by atoms with Crippen LogP contribution in [0.1, 0.15) is 12.8 Å². The number of hydrogen-bond donors (Lipinski definition) is 2.